The molecule has 1 heterocycles. The quantitative estimate of drug-likeness (QED) is 0.782. The zero-order valence-electron chi connectivity index (χ0n) is 13.5. The molecule has 3 aromatic rings. The maximum absolute atomic E-state index is 12.6. The minimum atomic E-state index is -0.0791. The molecule has 1 fully saturated rings. The summed E-state index contributed by atoms with van der Waals surface area (Å²) in [6, 6.07) is 15.4. The van der Waals surface area contributed by atoms with Crippen molar-refractivity contribution in [3.63, 3.8) is 0 Å². The molecule has 0 bridgehead atoms. The second-order valence-corrected chi connectivity index (χ2v) is 6.07. The van der Waals surface area contributed by atoms with Gasteiger partial charge in [0.2, 0.25) is 5.91 Å². The van der Waals surface area contributed by atoms with E-state index in [1.54, 1.807) is 7.11 Å². The first-order valence-electron chi connectivity index (χ1n) is 8.14. The number of amides is 1. The van der Waals surface area contributed by atoms with Crippen LogP contribution in [0.1, 0.15) is 24.6 Å². The van der Waals surface area contributed by atoms with E-state index in [0.29, 0.717) is 17.4 Å². The van der Waals surface area contributed by atoms with E-state index in [1.807, 2.05) is 53.1 Å². The summed E-state index contributed by atoms with van der Waals surface area (Å²) in [6.45, 7) is 0.254. The van der Waals surface area contributed by atoms with Crippen LogP contribution in [0.15, 0.2) is 48.5 Å². The minimum Gasteiger partial charge on any atom is -0.495 e. The van der Waals surface area contributed by atoms with Gasteiger partial charge in [0.25, 0.3) is 0 Å². The highest BCUT2D eigenvalue weighted by Gasteiger charge is 2.30. The highest BCUT2D eigenvalue weighted by atomic mass is 16.5. The van der Waals surface area contributed by atoms with Crippen LogP contribution in [-0.4, -0.2) is 22.6 Å². The number of anilines is 1. The predicted octanol–water partition coefficient (Wildman–Crippen LogP) is 3.56. The number of aromatic nitrogens is 2. The number of rotatable bonds is 5. The van der Waals surface area contributed by atoms with Gasteiger partial charge in [-0.2, -0.15) is 0 Å². The summed E-state index contributed by atoms with van der Waals surface area (Å²) in [6.07, 6.45) is 2.30. The lowest BCUT2D eigenvalue weighted by Crippen LogP contribution is -2.20. The molecule has 24 heavy (non-hydrogen) atoms. The number of methoxy groups -OCH3 is 1. The fourth-order valence-electron chi connectivity index (χ4n) is 2.99. The molecular weight excluding hydrogens is 302 g/mol. The second kappa shape index (κ2) is 6.00. The van der Waals surface area contributed by atoms with Gasteiger partial charge in [-0.05, 0) is 37.1 Å². The third-order valence-corrected chi connectivity index (χ3v) is 4.31. The number of fused-ring (bicyclic) bond motifs is 1. The standard InChI is InChI=1S/C19H19N3O2/c1-24-17-9-5-3-7-15(17)20-18(23)12-22-16-8-4-2-6-14(16)21-19(22)13-10-11-13/h2-9,13H,10-12H2,1H3,(H,20,23). The number of nitrogens with one attached hydrogen (secondary N) is 1. The molecule has 1 aliphatic carbocycles. The second-order valence-electron chi connectivity index (χ2n) is 6.07. The van der Waals surface area contributed by atoms with Crippen LogP contribution < -0.4 is 10.1 Å². The zero-order valence-corrected chi connectivity index (χ0v) is 13.5. The monoisotopic (exact) mass is 321 g/mol. The SMILES string of the molecule is COc1ccccc1NC(=O)Cn1c(C2CC2)nc2ccccc21. The maximum Gasteiger partial charge on any atom is 0.244 e. The zero-order chi connectivity index (χ0) is 16.5. The molecule has 2 aromatic carbocycles. The molecule has 0 atom stereocenters. The highest BCUT2D eigenvalue weighted by Crippen LogP contribution is 2.40. The molecular formula is C19H19N3O2. The van der Waals surface area contributed by atoms with E-state index in [-0.39, 0.29) is 12.5 Å². The summed E-state index contributed by atoms with van der Waals surface area (Å²) in [5.74, 6) is 2.08. The lowest BCUT2D eigenvalue weighted by atomic mass is 10.3. The van der Waals surface area contributed by atoms with Crippen molar-refractivity contribution in [2.45, 2.75) is 25.3 Å². The number of benzene rings is 2. The number of ether oxygens (including phenoxy) is 1. The Hall–Kier alpha value is -2.82. The lowest BCUT2D eigenvalue weighted by molar-refractivity contribution is -0.116. The Morgan fingerprint density at radius 3 is 2.75 bits per heavy atom. The first-order chi connectivity index (χ1) is 11.8. The van der Waals surface area contributed by atoms with Crippen LogP contribution in [0.2, 0.25) is 0 Å². The fourth-order valence-corrected chi connectivity index (χ4v) is 2.99. The molecule has 1 aromatic heterocycles. The van der Waals surface area contributed by atoms with Gasteiger partial charge in [0.1, 0.15) is 18.1 Å². The Morgan fingerprint density at radius 1 is 1.21 bits per heavy atom. The predicted molar refractivity (Wildman–Crippen MR) is 93.3 cm³/mol. The number of nitrogens with zero attached hydrogens (tertiary/aromatic N) is 2. The van der Waals surface area contributed by atoms with Crippen LogP contribution in [0.3, 0.4) is 0 Å². The molecule has 0 unspecified atom stereocenters. The summed E-state index contributed by atoms with van der Waals surface area (Å²) in [7, 11) is 1.60. The van der Waals surface area contributed by atoms with Crippen molar-refractivity contribution in [1.82, 2.24) is 9.55 Å². The van der Waals surface area contributed by atoms with Crippen molar-refractivity contribution in [3.8, 4) is 5.75 Å². The van der Waals surface area contributed by atoms with Gasteiger partial charge in [0.15, 0.2) is 0 Å². The Morgan fingerprint density at radius 2 is 1.96 bits per heavy atom. The maximum atomic E-state index is 12.6. The molecule has 1 amide bonds. The van der Waals surface area contributed by atoms with E-state index >= 15 is 0 Å². The molecule has 0 aliphatic heterocycles. The average Bonchev–Trinajstić information content (AvgIpc) is 3.39. The number of carbonyl (C=O) groups excluding carboxylic acids is 1. The fraction of sp³-hybridized carbons (Fsp3) is 0.263. The van der Waals surface area contributed by atoms with E-state index in [2.05, 4.69) is 5.32 Å². The van der Waals surface area contributed by atoms with Crippen LogP contribution in [0.4, 0.5) is 5.69 Å². The van der Waals surface area contributed by atoms with Crippen molar-refractivity contribution < 1.29 is 9.53 Å². The van der Waals surface area contributed by atoms with Crippen LogP contribution >= 0.6 is 0 Å². The summed E-state index contributed by atoms with van der Waals surface area (Å²) in [4.78, 5) is 17.3. The number of carbonyl (C=O) groups is 1. The normalized spacial score (nSPS) is 13.9. The van der Waals surface area contributed by atoms with E-state index in [9.17, 15) is 4.79 Å². The molecule has 0 spiro atoms. The first-order valence-corrected chi connectivity index (χ1v) is 8.14. The van der Waals surface area contributed by atoms with Crippen molar-refractivity contribution in [3.05, 3.63) is 54.4 Å². The van der Waals surface area contributed by atoms with Crippen molar-refractivity contribution >= 4 is 22.6 Å². The van der Waals surface area contributed by atoms with Gasteiger partial charge in [0.05, 0.1) is 23.8 Å². The Labute approximate surface area is 140 Å². The minimum absolute atomic E-state index is 0.0791. The van der Waals surface area contributed by atoms with E-state index in [0.717, 1.165) is 29.7 Å². The number of hydrogen-bond acceptors (Lipinski definition) is 3. The van der Waals surface area contributed by atoms with Gasteiger partial charge >= 0.3 is 0 Å². The average molecular weight is 321 g/mol. The third kappa shape index (κ3) is 2.73. The topological polar surface area (TPSA) is 56.1 Å². The summed E-state index contributed by atoms with van der Waals surface area (Å²) < 4.78 is 7.33. The molecule has 0 saturated heterocycles. The van der Waals surface area contributed by atoms with Gasteiger partial charge < -0.3 is 14.6 Å². The summed E-state index contributed by atoms with van der Waals surface area (Å²) >= 11 is 0. The van der Waals surface area contributed by atoms with Crippen molar-refractivity contribution in [2.75, 3.05) is 12.4 Å². The largest absolute Gasteiger partial charge is 0.495 e. The summed E-state index contributed by atoms with van der Waals surface area (Å²) in [5, 5.41) is 2.94. The van der Waals surface area contributed by atoms with E-state index < -0.39 is 0 Å². The number of para-hydroxylation sites is 4. The van der Waals surface area contributed by atoms with Crippen LogP contribution in [-0.2, 0) is 11.3 Å². The molecule has 4 rings (SSSR count). The van der Waals surface area contributed by atoms with Crippen molar-refractivity contribution in [2.24, 2.45) is 0 Å². The summed E-state index contributed by atoms with van der Waals surface area (Å²) in [5.41, 5.74) is 2.64. The highest BCUT2D eigenvalue weighted by molar-refractivity contribution is 5.93. The molecule has 1 aliphatic rings. The smallest absolute Gasteiger partial charge is 0.244 e. The lowest BCUT2D eigenvalue weighted by Gasteiger charge is -2.12. The molecule has 122 valence electrons. The van der Waals surface area contributed by atoms with Gasteiger partial charge in [-0.1, -0.05) is 24.3 Å². The Kier molecular flexibility index (Phi) is 3.69. The number of hydrogen-bond donors (Lipinski definition) is 1. The third-order valence-electron chi connectivity index (χ3n) is 4.31. The van der Waals surface area contributed by atoms with Gasteiger partial charge in [-0.25, -0.2) is 4.98 Å². The van der Waals surface area contributed by atoms with E-state index in [1.165, 1.54) is 0 Å². The molecule has 5 nitrogen and oxygen atoms in total. The molecule has 1 saturated carbocycles. The van der Waals surface area contributed by atoms with Gasteiger partial charge in [-0.15, -0.1) is 0 Å². The van der Waals surface area contributed by atoms with Crippen molar-refractivity contribution in [1.29, 1.82) is 0 Å². The van der Waals surface area contributed by atoms with Gasteiger partial charge in [0, 0.05) is 5.92 Å². The molecule has 1 N–H and O–H groups in total. The number of imidazole rings is 1. The van der Waals surface area contributed by atoms with Crippen LogP contribution in [0.25, 0.3) is 11.0 Å². The first kappa shape index (κ1) is 14.8. The van der Waals surface area contributed by atoms with Gasteiger partial charge in [-0.3, -0.25) is 4.79 Å². The Balaban J connectivity index is 1.62. The van der Waals surface area contributed by atoms with Crippen LogP contribution in [0, 0.1) is 0 Å². The molecule has 5 heteroatoms. The molecule has 0 radical (unpaired) electrons. The van der Waals surface area contributed by atoms with E-state index in [4.69, 9.17) is 9.72 Å². The Bertz CT molecular complexity index is 897. The van der Waals surface area contributed by atoms with Crippen LogP contribution in [0.5, 0.6) is 5.75 Å².